The largest absolute Gasteiger partial charge is 0.350 e. The minimum Gasteiger partial charge on any atom is -0.315 e. The molecule has 0 aliphatic carbocycles. The van der Waals surface area contributed by atoms with Crippen LogP contribution < -0.4 is 11.0 Å². The lowest BCUT2D eigenvalue weighted by Crippen LogP contribution is -2.28. The van der Waals surface area contributed by atoms with E-state index in [2.05, 4.69) is 29.2 Å². The molecule has 0 saturated carbocycles. The maximum atomic E-state index is 11.9. The van der Waals surface area contributed by atoms with Gasteiger partial charge in [-0.2, -0.15) is 0 Å². The number of hydrogen-bond acceptors (Lipinski definition) is 4. The summed E-state index contributed by atoms with van der Waals surface area (Å²) in [5.74, 6) is 0.746. The summed E-state index contributed by atoms with van der Waals surface area (Å²) < 4.78 is 2.98. The second kappa shape index (κ2) is 6.47. The van der Waals surface area contributed by atoms with Gasteiger partial charge in [0.1, 0.15) is 0 Å². The minimum atomic E-state index is -0.110. The van der Waals surface area contributed by atoms with Crippen LogP contribution in [0.2, 0.25) is 0 Å². The van der Waals surface area contributed by atoms with E-state index in [4.69, 9.17) is 0 Å². The van der Waals surface area contributed by atoms with Crippen LogP contribution in [0, 0.1) is 5.92 Å². The Kier molecular flexibility index (Phi) is 4.68. The number of aromatic nitrogens is 4. The molecule has 1 N–H and O–H groups in total. The third-order valence-corrected chi connectivity index (χ3v) is 3.02. The first-order chi connectivity index (χ1) is 9.18. The molecule has 0 fully saturated rings. The number of nitrogens with one attached hydrogen (secondary N) is 1. The normalized spacial score (nSPS) is 11.5. The molecule has 6 heteroatoms. The van der Waals surface area contributed by atoms with Crippen LogP contribution in [0.25, 0.3) is 5.65 Å². The Morgan fingerprint density at radius 1 is 1.37 bits per heavy atom. The molecular formula is C13H21N5O. The molecule has 0 radical (unpaired) electrons. The first kappa shape index (κ1) is 13.7. The summed E-state index contributed by atoms with van der Waals surface area (Å²) in [6, 6.07) is 0. The number of rotatable bonds is 7. The van der Waals surface area contributed by atoms with Crippen molar-refractivity contribution in [2.45, 2.75) is 33.2 Å². The first-order valence-corrected chi connectivity index (χ1v) is 6.78. The van der Waals surface area contributed by atoms with E-state index in [0.717, 1.165) is 19.0 Å². The summed E-state index contributed by atoms with van der Waals surface area (Å²) in [4.78, 5) is 15.9. The fourth-order valence-electron chi connectivity index (χ4n) is 1.97. The third-order valence-electron chi connectivity index (χ3n) is 3.02. The lowest BCUT2D eigenvalue weighted by molar-refractivity contribution is 0.499. The predicted molar refractivity (Wildman–Crippen MR) is 74.2 cm³/mol. The van der Waals surface area contributed by atoms with Crippen LogP contribution in [0.15, 0.2) is 23.4 Å². The van der Waals surface area contributed by atoms with E-state index in [1.54, 1.807) is 18.6 Å². The zero-order valence-corrected chi connectivity index (χ0v) is 11.5. The number of hydrogen-bond donors (Lipinski definition) is 1. The molecular weight excluding hydrogens is 242 g/mol. The Morgan fingerprint density at radius 2 is 2.21 bits per heavy atom. The van der Waals surface area contributed by atoms with Crippen LogP contribution in [0.5, 0.6) is 0 Å². The highest BCUT2D eigenvalue weighted by atomic mass is 16.2. The molecule has 2 aromatic rings. The monoisotopic (exact) mass is 263 g/mol. The fourth-order valence-corrected chi connectivity index (χ4v) is 1.97. The summed E-state index contributed by atoms with van der Waals surface area (Å²) in [5.41, 5.74) is 0.480. The Hall–Kier alpha value is -1.69. The maximum absolute atomic E-state index is 11.9. The lowest BCUT2D eigenvalue weighted by atomic mass is 10.1. The Labute approximate surface area is 112 Å². The minimum absolute atomic E-state index is 0.110. The third kappa shape index (κ3) is 3.64. The van der Waals surface area contributed by atoms with Crippen molar-refractivity contribution in [1.82, 2.24) is 24.5 Å². The van der Waals surface area contributed by atoms with E-state index in [1.165, 1.54) is 21.9 Å². The van der Waals surface area contributed by atoms with Gasteiger partial charge in [-0.25, -0.2) is 13.9 Å². The van der Waals surface area contributed by atoms with Crippen LogP contribution in [-0.4, -0.2) is 32.3 Å². The number of nitrogens with zero attached hydrogens (tertiary/aromatic N) is 4. The highest BCUT2D eigenvalue weighted by molar-refractivity contribution is 5.31. The summed E-state index contributed by atoms with van der Waals surface area (Å²) in [6.07, 6.45) is 7.21. The first-order valence-electron chi connectivity index (χ1n) is 6.78. The molecule has 0 aromatic carbocycles. The molecule has 0 atom stereocenters. The van der Waals surface area contributed by atoms with Gasteiger partial charge in [0.15, 0.2) is 5.65 Å². The van der Waals surface area contributed by atoms with Crippen LogP contribution in [0.4, 0.5) is 0 Å². The average Bonchev–Trinajstić information content (AvgIpc) is 2.71. The average molecular weight is 263 g/mol. The molecule has 0 spiro atoms. The van der Waals surface area contributed by atoms with Crippen LogP contribution in [-0.2, 0) is 6.54 Å². The van der Waals surface area contributed by atoms with Crippen molar-refractivity contribution < 1.29 is 0 Å². The van der Waals surface area contributed by atoms with Gasteiger partial charge in [-0.05, 0) is 25.3 Å². The molecule has 19 heavy (non-hydrogen) atoms. The van der Waals surface area contributed by atoms with Crippen molar-refractivity contribution in [2.24, 2.45) is 5.92 Å². The van der Waals surface area contributed by atoms with Crippen LogP contribution in [0.1, 0.15) is 26.7 Å². The molecule has 0 amide bonds. The Bertz CT molecular complexity index is 572. The van der Waals surface area contributed by atoms with Gasteiger partial charge in [-0.15, -0.1) is 5.10 Å². The van der Waals surface area contributed by atoms with Crippen LogP contribution >= 0.6 is 0 Å². The smallest absolute Gasteiger partial charge is 0.315 e. The molecule has 2 heterocycles. The zero-order chi connectivity index (χ0) is 13.7. The maximum Gasteiger partial charge on any atom is 0.350 e. The Morgan fingerprint density at radius 3 is 2.95 bits per heavy atom. The fraction of sp³-hybridized carbons (Fsp3) is 0.615. The standard InChI is InChI=1S/C13H21N5O/c1-11(2)4-3-5-14-7-9-18-13(19)17-8-6-15-10-12(17)16-18/h6,8,10-11,14H,3-5,7,9H2,1-2H3. The second-order valence-electron chi connectivity index (χ2n) is 5.10. The summed E-state index contributed by atoms with van der Waals surface area (Å²) in [7, 11) is 0. The predicted octanol–water partition coefficient (Wildman–Crippen LogP) is 0.917. The molecule has 2 rings (SSSR count). The molecule has 0 unspecified atom stereocenters. The topological polar surface area (TPSA) is 64.2 Å². The van der Waals surface area contributed by atoms with Gasteiger partial charge in [-0.3, -0.25) is 4.98 Å². The van der Waals surface area contributed by atoms with Gasteiger partial charge in [0.2, 0.25) is 0 Å². The molecule has 0 aliphatic heterocycles. The van der Waals surface area contributed by atoms with Gasteiger partial charge in [-0.1, -0.05) is 13.8 Å². The van der Waals surface area contributed by atoms with Gasteiger partial charge in [0, 0.05) is 18.9 Å². The van der Waals surface area contributed by atoms with Crippen LogP contribution in [0.3, 0.4) is 0 Å². The highest BCUT2D eigenvalue weighted by Gasteiger charge is 2.05. The molecule has 0 saturated heterocycles. The van der Waals surface area contributed by atoms with Gasteiger partial charge in [0.25, 0.3) is 0 Å². The van der Waals surface area contributed by atoms with Gasteiger partial charge >= 0.3 is 5.69 Å². The van der Waals surface area contributed by atoms with Crippen molar-refractivity contribution >= 4 is 5.65 Å². The Balaban J connectivity index is 1.82. The molecule has 2 aromatic heterocycles. The van der Waals surface area contributed by atoms with E-state index in [9.17, 15) is 4.79 Å². The lowest BCUT2D eigenvalue weighted by Gasteiger charge is -2.05. The van der Waals surface area contributed by atoms with Crippen molar-refractivity contribution in [3.05, 3.63) is 29.1 Å². The van der Waals surface area contributed by atoms with E-state index in [1.807, 2.05) is 0 Å². The van der Waals surface area contributed by atoms with E-state index < -0.39 is 0 Å². The van der Waals surface area contributed by atoms with Crippen molar-refractivity contribution in [3.63, 3.8) is 0 Å². The number of fused-ring (bicyclic) bond motifs is 1. The molecule has 6 nitrogen and oxygen atoms in total. The molecule has 0 aliphatic rings. The highest BCUT2D eigenvalue weighted by Crippen LogP contribution is 2.01. The summed E-state index contributed by atoms with van der Waals surface area (Å²) in [6.45, 7) is 6.79. The molecule has 104 valence electrons. The van der Waals surface area contributed by atoms with Gasteiger partial charge < -0.3 is 5.32 Å². The van der Waals surface area contributed by atoms with E-state index >= 15 is 0 Å². The molecule has 0 bridgehead atoms. The summed E-state index contributed by atoms with van der Waals surface area (Å²) in [5, 5.41) is 7.56. The second-order valence-corrected chi connectivity index (χ2v) is 5.10. The van der Waals surface area contributed by atoms with Crippen molar-refractivity contribution in [2.75, 3.05) is 13.1 Å². The van der Waals surface area contributed by atoms with Gasteiger partial charge in [0.05, 0.1) is 12.7 Å². The van der Waals surface area contributed by atoms with E-state index in [0.29, 0.717) is 12.2 Å². The van der Waals surface area contributed by atoms with E-state index in [-0.39, 0.29) is 5.69 Å². The quantitative estimate of drug-likeness (QED) is 0.754. The zero-order valence-electron chi connectivity index (χ0n) is 11.5. The van der Waals surface area contributed by atoms with Crippen molar-refractivity contribution in [3.8, 4) is 0 Å². The SMILES string of the molecule is CC(C)CCCNCCn1nc2cnccn2c1=O. The van der Waals surface area contributed by atoms with Crippen molar-refractivity contribution in [1.29, 1.82) is 0 Å². The summed E-state index contributed by atoms with van der Waals surface area (Å²) >= 11 is 0.